The van der Waals surface area contributed by atoms with Crippen LogP contribution in [-0.4, -0.2) is 39.0 Å². The van der Waals surface area contributed by atoms with Crippen molar-refractivity contribution in [2.24, 2.45) is 7.05 Å². The molecular weight excluding hydrogens is 294 g/mol. The lowest BCUT2D eigenvalue weighted by molar-refractivity contribution is 0.373. The quantitative estimate of drug-likeness (QED) is 0.794. The Bertz CT molecular complexity index is 859. The molecule has 7 nitrogen and oxygen atoms in total. The lowest BCUT2D eigenvalue weighted by atomic mass is 10.2. The molecule has 2 aromatic heterocycles. The van der Waals surface area contributed by atoms with E-state index in [0.29, 0.717) is 18.1 Å². The number of hydrogen-bond donors (Lipinski definition) is 1. The third kappa shape index (κ3) is 2.77. The van der Waals surface area contributed by atoms with Crippen molar-refractivity contribution in [3.05, 3.63) is 35.8 Å². The SMILES string of the molecule is COc1ccc(CN(C)c2nc(C)nc3c2cnn3C)cc1O. The van der Waals surface area contributed by atoms with Gasteiger partial charge in [-0.3, -0.25) is 4.68 Å². The zero-order chi connectivity index (χ0) is 16.6. The lowest BCUT2D eigenvalue weighted by Crippen LogP contribution is -2.18. The van der Waals surface area contributed by atoms with E-state index in [2.05, 4.69) is 15.1 Å². The van der Waals surface area contributed by atoms with Gasteiger partial charge >= 0.3 is 0 Å². The van der Waals surface area contributed by atoms with E-state index in [9.17, 15) is 5.11 Å². The van der Waals surface area contributed by atoms with Crippen molar-refractivity contribution in [2.75, 3.05) is 19.1 Å². The number of aryl methyl sites for hydroxylation is 2. The number of ether oxygens (including phenoxy) is 1. The molecule has 0 atom stereocenters. The molecule has 0 aliphatic heterocycles. The van der Waals surface area contributed by atoms with E-state index in [1.165, 1.54) is 7.11 Å². The number of aromatic hydroxyl groups is 1. The van der Waals surface area contributed by atoms with Crippen LogP contribution in [0.3, 0.4) is 0 Å². The Balaban J connectivity index is 1.94. The molecule has 1 N–H and O–H groups in total. The lowest BCUT2D eigenvalue weighted by Gasteiger charge is -2.19. The molecule has 3 aromatic rings. The Morgan fingerprint density at radius 3 is 2.78 bits per heavy atom. The fraction of sp³-hybridized carbons (Fsp3) is 0.312. The van der Waals surface area contributed by atoms with Gasteiger partial charge in [-0.1, -0.05) is 6.07 Å². The average Bonchev–Trinajstić information content (AvgIpc) is 2.88. The van der Waals surface area contributed by atoms with E-state index in [0.717, 1.165) is 22.4 Å². The molecule has 23 heavy (non-hydrogen) atoms. The van der Waals surface area contributed by atoms with Crippen molar-refractivity contribution in [2.45, 2.75) is 13.5 Å². The molecule has 0 bridgehead atoms. The Morgan fingerprint density at radius 2 is 2.09 bits per heavy atom. The molecule has 1 aromatic carbocycles. The van der Waals surface area contributed by atoms with Crippen LogP contribution in [0, 0.1) is 6.92 Å². The van der Waals surface area contributed by atoms with Crippen LogP contribution in [-0.2, 0) is 13.6 Å². The molecule has 7 heteroatoms. The first-order valence-corrected chi connectivity index (χ1v) is 7.23. The van der Waals surface area contributed by atoms with Crippen LogP contribution in [0.2, 0.25) is 0 Å². The summed E-state index contributed by atoms with van der Waals surface area (Å²) in [6.45, 7) is 2.46. The van der Waals surface area contributed by atoms with Gasteiger partial charge in [0.1, 0.15) is 11.6 Å². The zero-order valence-electron chi connectivity index (χ0n) is 13.6. The first-order chi connectivity index (χ1) is 11.0. The van der Waals surface area contributed by atoms with E-state index < -0.39 is 0 Å². The van der Waals surface area contributed by atoms with Crippen LogP contribution in [0.15, 0.2) is 24.4 Å². The van der Waals surface area contributed by atoms with Gasteiger partial charge in [-0.2, -0.15) is 5.10 Å². The van der Waals surface area contributed by atoms with Crippen LogP contribution in [0.5, 0.6) is 11.5 Å². The van der Waals surface area contributed by atoms with Crippen molar-refractivity contribution in [3.63, 3.8) is 0 Å². The van der Waals surface area contributed by atoms with E-state index >= 15 is 0 Å². The maximum atomic E-state index is 9.91. The van der Waals surface area contributed by atoms with Crippen molar-refractivity contribution in [1.29, 1.82) is 0 Å². The van der Waals surface area contributed by atoms with Gasteiger partial charge in [0, 0.05) is 20.6 Å². The molecule has 0 aliphatic carbocycles. The summed E-state index contributed by atoms with van der Waals surface area (Å²) in [6, 6.07) is 5.37. The highest BCUT2D eigenvalue weighted by atomic mass is 16.5. The molecular formula is C16H19N5O2. The molecule has 120 valence electrons. The monoisotopic (exact) mass is 313 g/mol. The Kier molecular flexibility index (Phi) is 3.77. The van der Waals surface area contributed by atoms with Crippen molar-refractivity contribution in [3.8, 4) is 11.5 Å². The van der Waals surface area contributed by atoms with E-state index in [4.69, 9.17) is 4.74 Å². The molecule has 0 amide bonds. The minimum Gasteiger partial charge on any atom is -0.504 e. The normalized spacial score (nSPS) is 11.0. The van der Waals surface area contributed by atoms with Crippen molar-refractivity contribution < 1.29 is 9.84 Å². The van der Waals surface area contributed by atoms with E-state index in [1.807, 2.05) is 32.0 Å². The minimum atomic E-state index is 0.129. The van der Waals surface area contributed by atoms with Gasteiger partial charge < -0.3 is 14.7 Å². The highest BCUT2D eigenvalue weighted by molar-refractivity contribution is 5.86. The first kappa shape index (κ1) is 15.1. The number of nitrogens with zero attached hydrogens (tertiary/aromatic N) is 5. The predicted molar refractivity (Wildman–Crippen MR) is 87.8 cm³/mol. The summed E-state index contributed by atoms with van der Waals surface area (Å²) in [5.74, 6) is 2.10. The van der Waals surface area contributed by atoms with Crippen LogP contribution in [0.25, 0.3) is 11.0 Å². The number of rotatable bonds is 4. The molecule has 0 saturated carbocycles. The molecule has 2 heterocycles. The number of methoxy groups -OCH3 is 1. The molecule has 0 spiro atoms. The second kappa shape index (κ2) is 5.75. The second-order valence-corrected chi connectivity index (χ2v) is 5.46. The van der Waals surface area contributed by atoms with E-state index in [1.54, 1.807) is 23.0 Å². The van der Waals surface area contributed by atoms with Gasteiger partial charge in [-0.25, -0.2) is 9.97 Å². The minimum absolute atomic E-state index is 0.129. The van der Waals surface area contributed by atoms with Gasteiger partial charge in [0.2, 0.25) is 0 Å². The number of fused-ring (bicyclic) bond motifs is 1. The van der Waals surface area contributed by atoms with Crippen LogP contribution < -0.4 is 9.64 Å². The van der Waals surface area contributed by atoms with Gasteiger partial charge in [0.25, 0.3) is 0 Å². The van der Waals surface area contributed by atoms with Gasteiger partial charge in [0.15, 0.2) is 17.1 Å². The number of anilines is 1. The van der Waals surface area contributed by atoms with Crippen LogP contribution >= 0.6 is 0 Å². The number of phenolic OH excluding ortho intramolecular Hbond substituents is 1. The second-order valence-electron chi connectivity index (χ2n) is 5.46. The summed E-state index contributed by atoms with van der Waals surface area (Å²) in [4.78, 5) is 11.0. The molecule has 0 aliphatic rings. The molecule has 0 unspecified atom stereocenters. The topological polar surface area (TPSA) is 76.3 Å². The third-order valence-electron chi connectivity index (χ3n) is 3.71. The smallest absolute Gasteiger partial charge is 0.163 e. The first-order valence-electron chi connectivity index (χ1n) is 7.23. The molecule has 3 rings (SSSR count). The standard InChI is InChI=1S/C16H19N5O2/c1-10-18-15(12-8-17-21(3)16(12)19-10)20(2)9-11-5-6-14(23-4)13(22)7-11/h5-8,22H,9H2,1-4H3. The fourth-order valence-corrected chi connectivity index (χ4v) is 2.59. The zero-order valence-corrected chi connectivity index (χ0v) is 13.6. The van der Waals surface area contributed by atoms with Gasteiger partial charge in [-0.05, 0) is 24.6 Å². The van der Waals surface area contributed by atoms with Gasteiger partial charge in [0.05, 0.1) is 18.7 Å². The third-order valence-corrected chi connectivity index (χ3v) is 3.71. The number of hydrogen-bond acceptors (Lipinski definition) is 6. The average molecular weight is 313 g/mol. The number of benzene rings is 1. The number of aromatic nitrogens is 4. The van der Waals surface area contributed by atoms with E-state index in [-0.39, 0.29) is 5.75 Å². The maximum absolute atomic E-state index is 9.91. The van der Waals surface area contributed by atoms with Crippen LogP contribution in [0.4, 0.5) is 5.82 Å². The summed E-state index contributed by atoms with van der Waals surface area (Å²) in [7, 11) is 5.35. The Hall–Kier alpha value is -2.83. The fourth-order valence-electron chi connectivity index (χ4n) is 2.59. The summed E-state index contributed by atoms with van der Waals surface area (Å²) in [5, 5.41) is 15.1. The molecule has 0 radical (unpaired) electrons. The summed E-state index contributed by atoms with van der Waals surface area (Å²) in [5.41, 5.74) is 1.76. The van der Waals surface area contributed by atoms with Gasteiger partial charge in [-0.15, -0.1) is 0 Å². The number of phenols is 1. The molecule has 0 saturated heterocycles. The Morgan fingerprint density at radius 1 is 1.30 bits per heavy atom. The Labute approximate surface area is 134 Å². The maximum Gasteiger partial charge on any atom is 0.163 e. The summed E-state index contributed by atoms with van der Waals surface area (Å²) < 4.78 is 6.81. The highest BCUT2D eigenvalue weighted by Crippen LogP contribution is 2.28. The highest BCUT2D eigenvalue weighted by Gasteiger charge is 2.14. The van der Waals surface area contributed by atoms with Crippen molar-refractivity contribution in [1.82, 2.24) is 19.7 Å². The summed E-state index contributed by atoms with van der Waals surface area (Å²) >= 11 is 0. The predicted octanol–water partition coefficient (Wildman–Crippen LogP) is 2.02. The molecule has 0 fully saturated rings. The summed E-state index contributed by atoms with van der Waals surface area (Å²) in [6.07, 6.45) is 1.77. The largest absolute Gasteiger partial charge is 0.504 e. The van der Waals surface area contributed by atoms with Crippen molar-refractivity contribution >= 4 is 16.9 Å². The van der Waals surface area contributed by atoms with Crippen LogP contribution in [0.1, 0.15) is 11.4 Å².